The van der Waals surface area contributed by atoms with Crippen LogP contribution in [0, 0.1) is 17.7 Å². The lowest BCUT2D eigenvalue weighted by atomic mass is 10.0. The molecule has 0 radical (unpaired) electrons. The van der Waals surface area contributed by atoms with Gasteiger partial charge in [-0.15, -0.1) is 0 Å². The molecule has 5 nitrogen and oxygen atoms in total. The molecule has 2 heterocycles. The van der Waals surface area contributed by atoms with E-state index in [4.69, 9.17) is 18.9 Å². The lowest BCUT2D eigenvalue weighted by Crippen LogP contribution is -2.35. The van der Waals surface area contributed by atoms with Crippen molar-refractivity contribution in [1.29, 1.82) is 0 Å². The second-order valence-corrected chi connectivity index (χ2v) is 8.68. The average molecular weight is 461 g/mol. The maximum absolute atomic E-state index is 13.8. The maximum Gasteiger partial charge on any atom is 0.387 e. The normalized spacial score (nSPS) is 26.4. The zero-order valence-electron chi connectivity index (χ0n) is 18.8. The molecule has 0 N–H and O–H groups in total. The van der Waals surface area contributed by atoms with Gasteiger partial charge in [0, 0.05) is 18.3 Å². The monoisotopic (exact) mass is 460 g/mol. The summed E-state index contributed by atoms with van der Waals surface area (Å²) in [5.74, 6) is -0.437. The minimum absolute atomic E-state index is 0.137. The van der Waals surface area contributed by atoms with E-state index in [0.29, 0.717) is 43.5 Å². The first-order valence-corrected chi connectivity index (χ1v) is 11.7. The van der Waals surface area contributed by atoms with E-state index in [-0.39, 0.29) is 12.6 Å². The molecule has 2 aliphatic heterocycles. The molecular weight excluding hydrogens is 425 g/mol. The van der Waals surface area contributed by atoms with Gasteiger partial charge in [-0.05, 0) is 43.4 Å². The smallest absolute Gasteiger partial charge is 0.387 e. The van der Waals surface area contributed by atoms with Gasteiger partial charge >= 0.3 is 6.61 Å². The summed E-state index contributed by atoms with van der Waals surface area (Å²) in [5, 5.41) is 0. The number of rotatable bonds is 12. The number of alkyl halides is 2. The summed E-state index contributed by atoms with van der Waals surface area (Å²) >= 11 is 0. The first-order valence-electron chi connectivity index (χ1n) is 11.7. The summed E-state index contributed by atoms with van der Waals surface area (Å²) in [6.07, 6.45) is 7.25. The fourth-order valence-corrected chi connectivity index (χ4v) is 4.06. The fraction of sp³-hybridized carbons (Fsp3) is 0.750. The standard InChI is InChI=1S/C24H35F3O5/c1-2-3-4-5-18-13-28-23(29-14-18)11-8-19-15-30-22(31-16-19)10-7-17-6-9-21(20(25)12-17)32-24(26)27/h6,9,12,18-19,22-24H,2-5,7-8,10-11,13-16H2,1H3. The molecule has 1 aromatic carbocycles. The van der Waals surface area contributed by atoms with Crippen LogP contribution in [0.2, 0.25) is 0 Å². The van der Waals surface area contributed by atoms with Gasteiger partial charge in [-0.2, -0.15) is 8.78 Å². The number of unbranched alkanes of at least 4 members (excludes halogenated alkanes) is 2. The molecule has 2 saturated heterocycles. The summed E-state index contributed by atoms with van der Waals surface area (Å²) in [5.41, 5.74) is 0.679. The van der Waals surface area contributed by atoms with E-state index in [1.54, 1.807) is 6.07 Å². The molecule has 3 rings (SSSR count). The van der Waals surface area contributed by atoms with Crippen molar-refractivity contribution in [1.82, 2.24) is 0 Å². The Morgan fingerprint density at radius 2 is 1.50 bits per heavy atom. The van der Waals surface area contributed by atoms with Crippen LogP contribution < -0.4 is 4.74 Å². The molecule has 32 heavy (non-hydrogen) atoms. The van der Waals surface area contributed by atoms with Crippen molar-refractivity contribution < 1.29 is 36.9 Å². The van der Waals surface area contributed by atoms with Crippen molar-refractivity contribution in [3.8, 4) is 5.75 Å². The molecule has 8 heteroatoms. The van der Waals surface area contributed by atoms with Crippen molar-refractivity contribution in [2.75, 3.05) is 26.4 Å². The first kappa shape index (κ1) is 25.3. The zero-order chi connectivity index (χ0) is 22.8. The van der Waals surface area contributed by atoms with E-state index >= 15 is 0 Å². The molecule has 0 bridgehead atoms. The SMILES string of the molecule is CCCCCC1COC(CCC2COC(CCc3ccc(OC(F)F)c(F)c3)OC2)OC1. The van der Waals surface area contributed by atoms with Crippen molar-refractivity contribution in [3.05, 3.63) is 29.6 Å². The maximum atomic E-state index is 13.8. The van der Waals surface area contributed by atoms with Gasteiger partial charge in [0.2, 0.25) is 0 Å². The Labute approximate surface area is 188 Å². The first-order chi connectivity index (χ1) is 15.5. The minimum atomic E-state index is -3.05. The van der Waals surface area contributed by atoms with Crippen LogP contribution in [0.4, 0.5) is 13.2 Å². The Morgan fingerprint density at radius 1 is 0.875 bits per heavy atom. The third kappa shape index (κ3) is 8.54. The molecular formula is C24H35F3O5. The number of aryl methyl sites for hydroxylation is 1. The van der Waals surface area contributed by atoms with Crippen LogP contribution in [0.3, 0.4) is 0 Å². The highest BCUT2D eigenvalue weighted by Gasteiger charge is 2.26. The van der Waals surface area contributed by atoms with Gasteiger partial charge in [0.1, 0.15) is 0 Å². The molecule has 0 saturated carbocycles. The van der Waals surface area contributed by atoms with Crippen LogP contribution in [-0.2, 0) is 25.4 Å². The largest absolute Gasteiger partial charge is 0.432 e. The molecule has 0 spiro atoms. The molecule has 1 aromatic rings. The molecule has 0 amide bonds. The van der Waals surface area contributed by atoms with Crippen LogP contribution in [0.1, 0.15) is 57.4 Å². The van der Waals surface area contributed by atoms with Crippen LogP contribution in [0.25, 0.3) is 0 Å². The van der Waals surface area contributed by atoms with Gasteiger partial charge < -0.3 is 23.7 Å². The summed E-state index contributed by atoms with van der Waals surface area (Å²) < 4.78 is 65.7. The van der Waals surface area contributed by atoms with Gasteiger partial charge in [-0.3, -0.25) is 0 Å². The molecule has 0 atom stereocenters. The fourth-order valence-electron chi connectivity index (χ4n) is 4.06. The van der Waals surface area contributed by atoms with Gasteiger partial charge in [0.15, 0.2) is 24.1 Å². The molecule has 0 unspecified atom stereocenters. The van der Waals surface area contributed by atoms with Gasteiger partial charge in [-0.25, -0.2) is 4.39 Å². The second kappa shape index (κ2) is 13.4. The summed E-state index contributed by atoms with van der Waals surface area (Å²) in [6, 6.07) is 4.01. The van der Waals surface area contributed by atoms with Crippen molar-refractivity contribution in [2.45, 2.75) is 77.5 Å². The van der Waals surface area contributed by atoms with Crippen molar-refractivity contribution >= 4 is 0 Å². The highest BCUT2D eigenvalue weighted by Crippen LogP contribution is 2.25. The Balaban J connectivity index is 1.28. The molecule has 0 aliphatic carbocycles. The zero-order valence-corrected chi connectivity index (χ0v) is 18.8. The average Bonchev–Trinajstić information content (AvgIpc) is 2.79. The molecule has 0 aromatic heterocycles. The van der Waals surface area contributed by atoms with E-state index in [1.807, 2.05) is 0 Å². The molecule has 182 valence electrons. The van der Waals surface area contributed by atoms with Crippen LogP contribution in [0.15, 0.2) is 18.2 Å². The Hall–Kier alpha value is -1.35. The highest BCUT2D eigenvalue weighted by molar-refractivity contribution is 5.29. The Kier molecular flexibility index (Phi) is 10.6. The quantitative estimate of drug-likeness (QED) is 0.375. The highest BCUT2D eigenvalue weighted by atomic mass is 19.3. The van der Waals surface area contributed by atoms with E-state index in [2.05, 4.69) is 11.7 Å². The Morgan fingerprint density at radius 3 is 2.09 bits per heavy atom. The number of ether oxygens (including phenoxy) is 5. The number of hydrogen-bond donors (Lipinski definition) is 0. The third-order valence-corrected chi connectivity index (χ3v) is 5.98. The van der Waals surface area contributed by atoms with Gasteiger partial charge in [0.05, 0.1) is 26.4 Å². The summed E-state index contributed by atoms with van der Waals surface area (Å²) in [4.78, 5) is 0. The lowest BCUT2D eigenvalue weighted by Gasteiger charge is -2.32. The molecule has 2 fully saturated rings. The topological polar surface area (TPSA) is 46.2 Å². The lowest BCUT2D eigenvalue weighted by molar-refractivity contribution is -0.219. The predicted octanol–water partition coefficient (Wildman–Crippen LogP) is 5.70. The van der Waals surface area contributed by atoms with Gasteiger partial charge in [0.25, 0.3) is 0 Å². The molecule has 2 aliphatic rings. The van der Waals surface area contributed by atoms with E-state index in [0.717, 1.165) is 26.1 Å². The minimum Gasteiger partial charge on any atom is -0.432 e. The number of halogens is 3. The third-order valence-electron chi connectivity index (χ3n) is 5.98. The summed E-state index contributed by atoms with van der Waals surface area (Å²) in [6.45, 7) is 1.93. The van der Waals surface area contributed by atoms with Crippen molar-refractivity contribution in [3.63, 3.8) is 0 Å². The second-order valence-electron chi connectivity index (χ2n) is 8.68. The Bertz CT molecular complexity index is 659. The number of benzene rings is 1. The predicted molar refractivity (Wildman–Crippen MR) is 113 cm³/mol. The van der Waals surface area contributed by atoms with Crippen LogP contribution >= 0.6 is 0 Å². The van der Waals surface area contributed by atoms with Crippen LogP contribution in [0.5, 0.6) is 5.75 Å². The van der Waals surface area contributed by atoms with Crippen molar-refractivity contribution in [2.24, 2.45) is 11.8 Å². The number of hydrogen-bond acceptors (Lipinski definition) is 5. The van der Waals surface area contributed by atoms with Crippen LogP contribution in [-0.4, -0.2) is 45.6 Å². The summed E-state index contributed by atoms with van der Waals surface area (Å²) in [7, 11) is 0. The van der Waals surface area contributed by atoms with E-state index in [1.165, 1.54) is 37.8 Å². The van der Waals surface area contributed by atoms with E-state index < -0.39 is 18.2 Å². The van der Waals surface area contributed by atoms with Gasteiger partial charge in [-0.1, -0.05) is 32.3 Å². The van der Waals surface area contributed by atoms with E-state index in [9.17, 15) is 13.2 Å².